The number of aryl methyl sites for hydroxylation is 3. The molecule has 5 nitrogen and oxygen atoms in total. The minimum atomic E-state index is 0. The molecule has 0 spiro atoms. The molecule has 0 aliphatic heterocycles. The van der Waals surface area contributed by atoms with Gasteiger partial charge in [0, 0.05) is 31.4 Å². The summed E-state index contributed by atoms with van der Waals surface area (Å²) in [5.41, 5.74) is 11.1. The lowest BCUT2D eigenvalue weighted by molar-refractivity contribution is -0.121. The average Bonchev–Trinajstić information content (AvgIpc) is 2.72. The van der Waals surface area contributed by atoms with Crippen molar-refractivity contribution in [3.63, 3.8) is 0 Å². The number of aromatic nitrogens is 2. The first-order valence-corrected chi connectivity index (χ1v) is 7.58. The third-order valence-corrected chi connectivity index (χ3v) is 4.03. The molecule has 3 N–H and O–H groups in total. The van der Waals surface area contributed by atoms with E-state index in [1.807, 2.05) is 42.9 Å². The van der Waals surface area contributed by atoms with E-state index in [9.17, 15) is 4.79 Å². The van der Waals surface area contributed by atoms with Crippen LogP contribution in [0.15, 0.2) is 24.3 Å². The van der Waals surface area contributed by atoms with Crippen molar-refractivity contribution in [3.8, 4) is 0 Å². The van der Waals surface area contributed by atoms with Gasteiger partial charge in [-0.3, -0.25) is 9.48 Å². The number of nitrogens with two attached hydrogens (primary N) is 1. The Balaban J connectivity index is 0.00000264. The topological polar surface area (TPSA) is 72.9 Å². The van der Waals surface area contributed by atoms with Gasteiger partial charge in [-0.25, -0.2) is 0 Å². The number of nitrogens with one attached hydrogen (secondary N) is 1. The third-order valence-electron chi connectivity index (χ3n) is 4.03. The third kappa shape index (κ3) is 4.99. The SMILES string of the molecule is Cc1nn(C)c(C)c1CCNC(=O)CCc1ccccc1N.Cl. The molecule has 0 saturated heterocycles. The van der Waals surface area contributed by atoms with Crippen molar-refractivity contribution in [3.05, 3.63) is 46.8 Å². The minimum Gasteiger partial charge on any atom is -0.399 e. The van der Waals surface area contributed by atoms with Crippen molar-refractivity contribution in [1.82, 2.24) is 15.1 Å². The largest absolute Gasteiger partial charge is 0.399 e. The average molecular weight is 337 g/mol. The van der Waals surface area contributed by atoms with Crippen molar-refractivity contribution in [2.75, 3.05) is 12.3 Å². The van der Waals surface area contributed by atoms with Crippen LogP contribution in [0, 0.1) is 13.8 Å². The Labute approximate surface area is 143 Å². The fourth-order valence-electron chi connectivity index (χ4n) is 2.60. The summed E-state index contributed by atoms with van der Waals surface area (Å²) in [7, 11) is 1.94. The van der Waals surface area contributed by atoms with E-state index < -0.39 is 0 Å². The molecule has 23 heavy (non-hydrogen) atoms. The standard InChI is InChI=1S/C17H24N4O.ClH/c1-12-15(13(2)21(3)20-12)10-11-19-17(22)9-8-14-6-4-5-7-16(14)18;/h4-7H,8-11,18H2,1-3H3,(H,19,22);1H. The maximum atomic E-state index is 11.9. The molecule has 0 saturated carbocycles. The molecular weight excluding hydrogens is 312 g/mol. The van der Waals surface area contributed by atoms with Gasteiger partial charge in [0.2, 0.25) is 5.91 Å². The lowest BCUT2D eigenvalue weighted by Gasteiger charge is -2.07. The lowest BCUT2D eigenvalue weighted by atomic mass is 10.1. The van der Waals surface area contributed by atoms with Gasteiger partial charge in [-0.05, 0) is 43.9 Å². The van der Waals surface area contributed by atoms with Crippen molar-refractivity contribution in [1.29, 1.82) is 0 Å². The van der Waals surface area contributed by atoms with E-state index >= 15 is 0 Å². The first kappa shape index (κ1) is 19.0. The number of carbonyl (C=O) groups is 1. The zero-order chi connectivity index (χ0) is 16.1. The molecule has 2 aromatic rings. The fraction of sp³-hybridized carbons (Fsp3) is 0.412. The highest BCUT2D eigenvalue weighted by molar-refractivity contribution is 5.85. The van der Waals surface area contributed by atoms with Crippen molar-refractivity contribution in [2.24, 2.45) is 7.05 Å². The van der Waals surface area contributed by atoms with Gasteiger partial charge in [-0.15, -0.1) is 12.4 Å². The van der Waals surface area contributed by atoms with Gasteiger partial charge >= 0.3 is 0 Å². The summed E-state index contributed by atoms with van der Waals surface area (Å²) >= 11 is 0. The number of anilines is 1. The molecule has 2 rings (SSSR count). The van der Waals surface area contributed by atoms with E-state index in [1.54, 1.807) is 0 Å². The molecule has 0 radical (unpaired) electrons. The molecule has 0 aliphatic rings. The minimum absolute atomic E-state index is 0. The van der Waals surface area contributed by atoms with Crippen LogP contribution in [0.5, 0.6) is 0 Å². The van der Waals surface area contributed by atoms with E-state index in [2.05, 4.69) is 17.3 Å². The first-order chi connectivity index (χ1) is 10.5. The highest BCUT2D eigenvalue weighted by Crippen LogP contribution is 2.13. The lowest BCUT2D eigenvalue weighted by Crippen LogP contribution is -2.26. The predicted molar refractivity (Wildman–Crippen MR) is 95.8 cm³/mol. The van der Waals surface area contributed by atoms with Crippen LogP contribution < -0.4 is 11.1 Å². The normalized spacial score (nSPS) is 10.2. The van der Waals surface area contributed by atoms with Crippen LogP contribution in [-0.4, -0.2) is 22.2 Å². The molecule has 0 fully saturated rings. The van der Waals surface area contributed by atoms with E-state index in [0.29, 0.717) is 19.4 Å². The molecule has 6 heteroatoms. The van der Waals surface area contributed by atoms with Gasteiger partial charge in [-0.2, -0.15) is 5.10 Å². The number of hydrogen-bond acceptors (Lipinski definition) is 3. The summed E-state index contributed by atoms with van der Waals surface area (Å²) in [6, 6.07) is 7.67. The Kier molecular flexibility index (Phi) is 7.10. The Morgan fingerprint density at radius 3 is 2.57 bits per heavy atom. The van der Waals surface area contributed by atoms with Crippen LogP contribution in [0.1, 0.15) is 28.9 Å². The summed E-state index contributed by atoms with van der Waals surface area (Å²) < 4.78 is 1.88. The van der Waals surface area contributed by atoms with Crippen molar-refractivity contribution < 1.29 is 4.79 Å². The molecule has 1 amide bonds. The van der Waals surface area contributed by atoms with Crippen LogP contribution in [0.3, 0.4) is 0 Å². The van der Waals surface area contributed by atoms with E-state index in [1.165, 1.54) is 5.56 Å². The number of rotatable bonds is 6. The number of nitrogens with zero attached hydrogens (tertiary/aromatic N) is 2. The van der Waals surface area contributed by atoms with Crippen LogP contribution in [0.25, 0.3) is 0 Å². The molecule has 0 aliphatic carbocycles. The van der Waals surface area contributed by atoms with Crippen LogP contribution >= 0.6 is 12.4 Å². The molecule has 1 aromatic carbocycles. The smallest absolute Gasteiger partial charge is 0.220 e. The van der Waals surface area contributed by atoms with Gasteiger partial charge in [0.1, 0.15) is 0 Å². The summed E-state index contributed by atoms with van der Waals surface area (Å²) in [6.45, 7) is 4.69. The molecule has 0 unspecified atom stereocenters. The van der Waals surface area contributed by atoms with Crippen molar-refractivity contribution >= 4 is 24.0 Å². The molecule has 0 bridgehead atoms. The van der Waals surface area contributed by atoms with Gasteiger partial charge < -0.3 is 11.1 Å². The maximum absolute atomic E-state index is 11.9. The van der Waals surface area contributed by atoms with Gasteiger partial charge in [0.05, 0.1) is 5.69 Å². The number of halogens is 1. The summed E-state index contributed by atoms with van der Waals surface area (Å²) in [5, 5.41) is 7.35. The second kappa shape index (κ2) is 8.58. The molecule has 126 valence electrons. The number of para-hydroxylation sites is 1. The highest BCUT2D eigenvalue weighted by atomic mass is 35.5. The van der Waals surface area contributed by atoms with E-state index in [-0.39, 0.29) is 18.3 Å². The van der Waals surface area contributed by atoms with Crippen molar-refractivity contribution in [2.45, 2.75) is 33.1 Å². The number of nitrogen functional groups attached to an aromatic ring is 1. The summed E-state index contributed by atoms with van der Waals surface area (Å²) in [5.74, 6) is 0.0578. The van der Waals surface area contributed by atoms with Crippen LogP contribution in [0.4, 0.5) is 5.69 Å². The van der Waals surface area contributed by atoms with Crippen LogP contribution in [-0.2, 0) is 24.7 Å². The second-order valence-corrected chi connectivity index (χ2v) is 5.57. The zero-order valence-corrected chi connectivity index (χ0v) is 14.7. The molecular formula is C17H25ClN4O. The number of hydrogen-bond donors (Lipinski definition) is 2. The van der Waals surface area contributed by atoms with Gasteiger partial charge in [0.15, 0.2) is 0 Å². The summed E-state index contributed by atoms with van der Waals surface area (Å²) in [4.78, 5) is 11.9. The Morgan fingerprint density at radius 2 is 1.96 bits per heavy atom. The Morgan fingerprint density at radius 1 is 1.26 bits per heavy atom. The number of benzene rings is 1. The van der Waals surface area contributed by atoms with E-state index in [0.717, 1.165) is 29.1 Å². The predicted octanol–water partition coefficient (Wildman–Crippen LogP) is 2.33. The molecule has 0 atom stereocenters. The van der Waals surface area contributed by atoms with Gasteiger partial charge in [0.25, 0.3) is 0 Å². The second-order valence-electron chi connectivity index (χ2n) is 5.57. The Bertz CT molecular complexity index is 667. The fourth-order valence-corrected chi connectivity index (χ4v) is 2.60. The molecule has 1 heterocycles. The number of carbonyl (C=O) groups excluding carboxylic acids is 1. The number of amides is 1. The van der Waals surface area contributed by atoms with Crippen LogP contribution in [0.2, 0.25) is 0 Å². The van der Waals surface area contributed by atoms with Gasteiger partial charge in [-0.1, -0.05) is 18.2 Å². The highest BCUT2D eigenvalue weighted by Gasteiger charge is 2.09. The maximum Gasteiger partial charge on any atom is 0.220 e. The molecule has 1 aromatic heterocycles. The Hall–Kier alpha value is -2.01. The quantitative estimate of drug-likeness (QED) is 0.795. The summed E-state index contributed by atoms with van der Waals surface area (Å²) in [6.07, 6.45) is 1.94. The van der Waals surface area contributed by atoms with E-state index in [4.69, 9.17) is 5.73 Å². The zero-order valence-electron chi connectivity index (χ0n) is 13.9. The monoisotopic (exact) mass is 336 g/mol. The first-order valence-electron chi connectivity index (χ1n) is 7.58.